The highest BCUT2D eigenvalue weighted by Gasteiger charge is 2.12. The van der Waals surface area contributed by atoms with Crippen LogP contribution in [0.1, 0.15) is 34.2 Å². The Morgan fingerprint density at radius 3 is 2.57 bits per heavy atom. The molecule has 5 nitrogen and oxygen atoms in total. The van der Waals surface area contributed by atoms with E-state index in [0.717, 1.165) is 28.4 Å². The van der Waals surface area contributed by atoms with Crippen molar-refractivity contribution in [2.45, 2.75) is 20.8 Å². The van der Waals surface area contributed by atoms with Gasteiger partial charge in [-0.1, -0.05) is 23.7 Å². The second-order valence-corrected chi connectivity index (χ2v) is 6.68. The average molecular weight is 396 g/mol. The van der Waals surface area contributed by atoms with E-state index in [0.29, 0.717) is 17.2 Å². The molecule has 3 rings (SSSR count). The van der Waals surface area contributed by atoms with Crippen LogP contribution in [0.2, 0.25) is 5.02 Å². The van der Waals surface area contributed by atoms with E-state index < -0.39 is 0 Å². The Balaban J connectivity index is 1.74. The van der Waals surface area contributed by atoms with Gasteiger partial charge in [0.15, 0.2) is 0 Å². The zero-order valence-electron chi connectivity index (χ0n) is 16.1. The number of carbonyl (C=O) groups is 1. The Labute approximate surface area is 169 Å². The number of hydrazone groups is 1. The van der Waals surface area contributed by atoms with Crippen LogP contribution in [0, 0.1) is 13.8 Å². The molecule has 28 heavy (non-hydrogen) atoms. The number of nitrogens with one attached hydrogen (secondary N) is 1. The van der Waals surface area contributed by atoms with E-state index in [1.165, 1.54) is 0 Å². The Bertz CT molecular complexity index is 1010. The first-order valence-electron chi connectivity index (χ1n) is 9.01. The van der Waals surface area contributed by atoms with Crippen molar-refractivity contribution >= 4 is 23.7 Å². The van der Waals surface area contributed by atoms with Crippen LogP contribution in [-0.4, -0.2) is 23.3 Å². The van der Waals surface area contributed by atoms with Gasteiger partial charge >= 0.3 is 0 Å². The van der Waals surface area contributed by atoms with Crippen LogP contribution in [0.5, 0.6) is 5.75 Å². The lowest BCUT2D eigenvalue weighted by Gasteiger charge is -2.11. The van der Waals surface area contributed by atoms with Crippen molar-refractivity contribution in [3.05, 3.63) is 82.1 Å². The molecule has 0 spiro atoms. The molecule has 1 heterocycles. The van der Waals surface area contributed by atoms with Crippen molar-refractivity contribution in [3.8, 4) is 11.4 Å². The quantitative estimate of drug-likeness (QED) is 0.476. The van der Waals surface area contributed by atoms with Crippen LogP contribution in [0.4, 0.5) is 0 Å². The number of amides is 1. The lowest BCUT2D eigenvalue weighted by molar-refractivity contribution is 0.0955. The van der Waals surface area contributed by atoms with Crippen molar-refractivity contribution in [3.63, 3.8) is 0 Å². The van der Waals surface area contributed by atoms with Gasteiger partial charge in [0.1, 0.15) is 5.75 Å². The first-order valence-corrected chi connectivity index (χ1v) is 9.39. The summed E-state index contributed by atoms with van der Waals surface area (Å²) in [6.07, 6.45) is 1.64. The summed E-state index contributed by atoms with van der Waals surface area (Å²) in [6.45, 7) is 6.50. The smallest absolute Gasteiger partial charge is 0.271 e. The summed E-state index contributed by atoms with van der Waals surface area (Å²) in [5.74, 6) is 0.453. The van der Waals surface area contributed by atoms with E-state index in [-0.39, 0.29) is 5.91 Å². The maximum atomic E-state index is 12.2. The van der Waals surface area contributed by atoms with Gasteiger partial charge in [0.2, 0.25) is 0 Å². The summed E-state index contributed by atoms with van der Waals surface area (Å²) in [5, 5.41) is 4.78. The van der Waals surface area contributed by atoms with Gasteiger partial charge in [0, 0.05) is 22.5 Å². The number of hydrogen-bond acceptors (Lipinski definition) is 3. The number of ether oxygens (including phenoxy) is 1. The summed E-state index contributed by atoms with van der Waals surface area (Å²) in [5.41, 5.74) is 6.92. The molecule has 0 aliphatic carbocycles. The largest absolute Gasteiger partial charge is 0.494 e. The van der Waals surface area contributed by atoms with Gasteiger partial charge in [-0.05, 0) is 63.2 Å². The third-order valence-corrected chi connectivity index (χ3v) is 4.68. The fraction of sp³-hybridized carbons (Fsp3) is 0.182. The topological polar surface area (TPSA) is 55.6 Å². The zero-order valence-corrected chi connectivity index (χ0v) is 16.8. The van der Waals surface area contributed by atoms with E-state index in [9.17, 15) is 4.79 Å². The summed E-state index contributed by atoms with van der Waals surface area (Å²) in [6, 6.07) is 16.6. The Morgan fingerprint density at radius 2 is 1.89 bits per heavy atom. The number of rotatable bonds is 6. The van der Waals surface area contributed by atoms with E-state index >= 15 is 0 Å². The number of benzene rings is 2. The molecule has 0 saturated heterocycles. The maximum absolute atomic E-state index is 12.2. The lowest BCUT2D eigenvalue weighted by atomic mass is 10.2. The van der Waals surface area contributed by atoms with E-state index in [1.807, 2.05) is 51.1 Å². The van der Waals surface area contributed by atoms with Crippen LogP contribution in [0.15, 0.2) is 59.7 Å². The Morgan fingerprint density at radius 1 is 1.18 bits per heavy atom. The first kappa shape index (κ1) is 19.7. The van der Waals surface area contributed by atoms with Crippen molar-refractivity contribution < 1.29 is 9.53 Å². The molecule has 0 atom stereocenters. The molecule has 0 fully saturated rings. The highest BCUT2D eigenvalue weighted by molar-refractivity contribution is 6.32. The number of nitrogens with zero attached hydrogens (tertiary/aromatic N) is 2. The minimum atomic E-state index is -0.279. The van der Waals surface area contributed by atoms with Crippen LogP contribution in [0.3, 0.4) is 0 Å². The van der Waals surface area contributed by atoms with Gasteiger partial charge in [0.25, 0.3) is 5.91 Å². The molecule has 0 aliphatic rings. The first-order chi connectivity index (χ1) is 13.5. The minimum Gasteiger partial charge on any atom is -0.494 e. The number of aromatic nitrogens is 1. The molecule has 0 unspecified atom stereocenters. The highest BCUT2D eigenvalue weighted by Crippen LogP contribution is 2.25. The van der Waals surface area contributed by atoms with Crippen LogP contribution in [-0.2, 0) is 0 Å². The molecular formula is C22H22ClN3O2. The second kappa shape index (κ2) is 8.76. The Kier molecular flexibility index (Phi) is 6.16. The van der Waals surface area contributed by atoms with Crippen LogP contribution < -0.4 is 10.2 Å². The molecule has 1 N–H and O–H groups in total. The standard InChI is InChI=1S/C22H22ClN3O2/c1-4-28-19-11-9-17(10-12-19)22(27)25-24-14-18-13-15(2)26(16(18)3)21-8-6-5-7-20(21)23/h5-14H,4H2,1-3H3,(H,25,27)/b24-14-. The van der Waals surface area contributed by atoms with E-state index in [2.05, 4.69) is 15.1 Å². The number of carbonyl (C=O) groups excluding carboxylic acids is 1. The fourth-order valence-corrected chi connectivity index (χ4v) is 3.24. The molecule has 1 aromatic heterocycles. The lowest BCUT2D eigenvalue weighted by Crippen LogP contribution is -2.17. The summed E-state index contributed by atoms with van der Waals surface area (Å²) in [4.78, 5) is 12.2. The molecule has 2 aromatic carbocycles. The van der Waals surface area contributed by atoms with Crippen molar-refractivity contribution in [1.82, 2.24) is 9.99 Å². The molecule has 0 saturated carbocycles. The van der Waals surface area contributed by atoms with Crippen molar-refractivity contribution in [2.75, 3.05) is 6.61 Å². The van der Waals surface area contributed by atoms with Gasteiger partial charge in [-0.2, -0.15) is 5.10 Å². The van der Waals surface area contributed by atoms with Gasteiger partial charge in [0.05, 0.1) is 23.5 Å². The highest BCUT2D eigenvalue weighted by atomic mass is 35.5. The molecule has 0 aliphatic heterocycles. The number of halogens is 1. The third-order valence-electron chi connectivity index (χ3n) is 4.36. The molecule has 0 radical (unpaired) electrons. The van der Waals surface area contributed by atoms with Gasteiger partial charge in [-0.3, -0.25) is 4.79 Å². The summed E-state index contributed by atoms with van der Waals surface area (Å²) in [7, 11) is 0. The van der Waals surface area contributed by atoms with Gasteiger partial charge in [-0.25, -0.2) is 5.43 Å². The molecule has 3 aromatic rings. The third kappa shape index (κ3) is 4.26. The second-order valence-electron chi connectivity index (χ2n) is 6.27. The minimum absolute atomic E-state index is 0.279. The summed E-state index contributed by atoms with van der Waals surface area (Å²) < 4.78 is 7.45. The van der Waals surface area contributed by atoms with Gasteiger partial charge in [-0.15, -0.1) is 0 Å². The normalized spacial score (nSPS) is 11.0. The fourth-order valence-electron chi connectivity index (χ4n) is 3.02. The van der Waals surface area contributed by atoms with E-state index in [1.54, 1.807) is 30.5 Å². The Hall–Kier alpha value is -3.05. The SMILES string of the molecule is CCOc1ccc(C(=O)N/N=C\c2cc(C)n(-c3ccccc3Cl)c2C)cc1. The predicted molar refractivity (Wildman–Crippen MR) is 113 cm³/mol. The molecule has 0 bridgehead atoms. The predicted octanol–water partition coefficient (Wildman–Crippen LogP) is 4.91. The summed E-state index contributed by atoms with van der Waals surface area (Å²) >= 11 is 6.34. The molecule has 1 amide bonds. The number of hydrogen-bond donors (Lipinski definition) is 1. The van der Waals surface area contributed by atoms with Crippen molar-refractivity contribution in [1.29, 1.82) is 0 Å². The molecular weight excluding hydrogens is 374 g/mol. The molecule has 144 valence electrons. The van der Waals surface area contributed by atoms with Crippen LogP contribution >= 0.6 is 11.6 Å². The van der Waals surface area contributed by atoms with Gasteiger partial charge < -0.3 is 9.30 Å². The van der Waals surface area contributed by atoms with Crippen molar-refractivity contribution in [2.24, 2.45) is 5.10 Å². The maximum Gasteiger partial charge on any atom is 0.271 e. The zero-order chi connectivity index (χ0) is 20.1. The van der Waals surface area contributed by atoms with E-state index in [4.69, 9.17) is 16.3 Å². The number of aryl methyl sites for hydroxylation is 1. The molecule has 6 heteroatoms. The number of para-hydroxylation sites is 1. The van der Waals surface area contributed by atoms with Crippen LogP contribution in [0.25, 0.3) is 5.69 Å². The monoisotopic (exact) mass is 395 g/mol. The average Bonchev–Trinajstić information content (AvgIpc) is 2.96.